The molecule has 1 aliphatic heterocycles. The van der Waals surface area contributed by atoms with E-state index in [0.717, 1.165) is 74.0 Å². The van der Waals surface area contributed by atoms with Crippen LogP contribution in [0, 0.1) is 46.3 Å². The molecule has 0 aromatic heterocycles. The van der Waals surface area contributed by atoms with Gasteiger partial charge in [-0.2, -0.15) is 0 Å². The Morgan fingerprint density at radius 2 is 1.78 bits per heavy atom. The van der Waals surface area contributed by atoms with Gasteiger partial charge in [0.25, 0.3) is 0 Å². The number of nitrogens with zero attached hydrogens (tertiary/aromatic N) is 1. The van der Waals surface area contributed by atoms with E-state index in [0.29, 0.717) is 38.0 Å². The molecule has 49 heavy (non-hydrogen) atoms. The average molecular weight is 685 g/mol. The van der Waals surface area contributed by atoms with E-state index in [1.54, 1.807) is 10.5 Å². The maximum absolute atomic E-state index is 12.8. The molecule has 3 saturated carbocycles. The zero-order chi connectivity index (χ0) is 35.3. The Hall–Kier alpha value is -1.60. The van der Waals surface area contributed by atoms with Crippen molar-refractivity contribution in [3.8, 4) is 0 Å². The number of ether oxygens (including phenoxy) is 2. The van der Waals surface area contributed by atoms with Crippen LogP contribution < -0.4 is 5.32 Å². The molecule has 1 unspecified atom stereocenters. The standard InChI is InChI=1S/C42H72N2O5/c1-28(2)12-11-13-30(5)36-17-18-37-35-16-15-31-24-34(19-21-41(31,6)38(35)20-22-42(36,37)7)49-40(47)43-23-10-8-9-14-39(46)44-26-33(45)25-32(44)27-48-29(3)4/h15,28-30,32-38,45H,8-14,16-27H2,1-7H3,(H,43,47)/t30-,32+,33-,34+,35+,36-,37?,38+,41+,42-/m1/s1. The number of unbranched alkanes of at least 4 members (excludes halogenated alkanes) is 2. The zero-order valence-electron chi connectivity index (χ0n) is 32.3. The van der Waals surface area contributed by atoms with Crippen molar-refractivity contribution in [1.29, 1.82) is 0 Å². The van der Waals surface area contributed by atoms with Crippen molar-refractivity contribution in [2.24, 2.45) is 46.3 Å². The fourth-order valence-electron chi connectivity index (χ4n) is 11.5. The van der Waals surface area contributed by atoms with Gasteiger partial charge in [-0.15, -0.1) is 0 Å². The number of carbonyl (C=O) groups is 2. The number of fused-ring (bicyclic) bond motifs is 5. The molecule has 0 spiro atoms. The molecule has 280 valence electrons. The van der Waals surface area contributed by atoms with Crippen molar-refractivity contribution in [2.45, 2.75) is 176 Å². The van der Waals surface area contributed by atoms with E-state index in [4.69, 9.17) is 9.47 Å². The summed E-state index contributed by atoms with van der Waals surface area (Å²) in [6.45, 7) is 17.9. The number of aliphatic hydroxyl groups excluding tert-OH is 1. The van der Waals surface area contributed by atoms with Gasteiger partial charge >= 0.3 is 6.09 Å². The molecule has 7 nitrogen and oxygen atoms in total. The van der Waals surface area contributed by atoms with Crippen LogP contribution >= 0.6 is 0 Å². The fourth-order valence-corrected chi connectivity index (χ4v) is 11.5. The number of β-amino-alcohol motifs (C(OH)–C–C–N with tert-alkyl or cyclic N) is 1. The van der Waals surface area contributed by atoms with Crippen LogP contribution in [-0.2, 0) is 14.3 Å². The number of aliphatic hydroxyl groups is 1. The number of alkyl carbamates (subject to hydrolysis) is 1. The Labute approximate surface area is 299 Å². The lowest BCUT2D eigenvalue weighted by Gasteiger charge is -2.58. The Morgan fingerprint density at radius 3 is 2.53 bits per heavy atom. The van der Waals surface area contributed by atoms with Gasteiger partial charge in [0.05, 0.1) is 24.9 Å². The highest BCUT2D eigenvalue weighted by Crippen LogP contribution is 2.67. The van der Waals surface area contributed by atoms with Gasteiger partial charge in [0.15, 0.2) is 0 Å². The molecule has 7 heteroatoms. The van der Waals surface area contributed by atoms with Crippen molar-refractivity contribution in [2.75, 3.05) is 19.7 Å². The van der Waals surface area contributed by atoms with E-state index >= 15 is 0 Å². The summed E-state index contributed by atoms with van der Waals surface area (Å²) in [6.07, 6.45) is 19.4. The normalized spacial score (nSPS) is 36.2. The summed E-state index contributed by atoms with van der Waals surface area (Å²) in [5.74, 6) is 5.10. The van der Waals surface area contributed by atoms with Crippen molar-refractivity contribution >= 4 is 12.0 Å². The van der Waals surface area contributed by atoms with Crippen LogP contribution in [-0.4, -0.2) is 66.1 Å². The molecule has 0 radical (unpaired) electrons. The summed E-state index contributed by atoms with van der Waals surface area (Å²) >= 11 is 0. The second kappa shape index (κ2) is 16.8. The first-order chi connectivity index (χ1) is 23.3. The van der Waals surface area contributed by atoms with Gasteiger partial charge in [0.1, 0.15) is 6.10 Å². The SMILES string of the molecule is CC(C)CCC[C@@H](C)[C@H]1CCC2[C@@H]3CC=C4C[C@@H](OC(=O)NCCCCCC(=O)N5C[C@H](O)C[C@H]5COC(C)C)CC[C@]4(C)[C@H]3CC[C@@]21C. The molecule has 5 rings (SSSR count). The van der Waals surface area contributed by atoms with Gasteiger partial charge in [-0.25, -0.2) is 4.79 Å². The Balaban J connectivity index is 1.02. The predicted octanol–water partition coefficient (Wildman–Crippen LogP) is 9.07. The van der Waals surface area contributed by atoms with Crippen LogP contribution in [0.5, 0.6) is 0 Å². The summed E-state index contributed by atoms with van der Waals surface area (Å²) < 4.78 is 11.7. The van der Waals surface area contributed by atoms with E-state index in [2.05, 4.69) is 46.0 Å². The molecule has 2 N–H and O–H groups in total. The molecular weight excluding hydrogens is 612 g/mol. The Kier molecular flexibility index (Phi) is 13.3. The van der Waals surface area contributed by atoms with Crippen molar-refractivity contribution in [1.82, 2.24) is 10.2 Å². The van der Waals surface area contributed by atoms with Crippen molar-refractivity contribution in [3.63, 3.8) is 0 Å². The lowest BCUT2D eigenvalue weighted by Crippen LogP contribution is -2.51. The van der Waals surface area contributed by atoms with Crippen LogP contribution in [0.1, 0.15) is 151 Å². The highest BCUT2D eigenvalue weighted by atomic mass is 16.6. The van der Waals surface area contributed by atoms with Crippen molar-refractivity contribution < 1.29 is 24.2 Å². The number of allylic oxidation sites excluding steroid dienone is 1. The average Bonchev–Trinajstić information content (AvgIpc) is 3.60. The first-order valence-electron chi connectivity index (χ1n) is 20.5. The largest absolute Gasteiger partial charge is 0.446 e. The molecule has 5 aliphatic rings. The van der Waals surface area contributed by atoms with E-state index in [9.17, 15) is 14.7 Å². The van der Waals surface area contributed by atoms with Crippen LogP contribution in [0.15, 0.2) is 11.6 Å². The van der Waals surface area contributed by atoms with E-state index < -0.39 is 6.10 Å². The Morgan fingerprint density at radius 1 is 0.980 bits per heavy atom. The van der Waals surface area contributed by atoms with E-state index in [1.807, 2.05) is 13.8 Å². The number of likely N-dealkylation sites (tertiary alicyclic amines) is 1. The first kappa shape index (κ1) is 38.6. The molecule has 4 aliphatic carbocycles. The maximum atomic E-state index is 12.8. The number of nitrogens with one attached hydrogen (secondary N) is 1. The van der Waals surface area contributed by atoms with E-state index in [-0.39, 0.29) is 35.7 Å². The molecule has 10 atom stereocenters. The van der Waals surface area contributed by atoms with Crippen LogP contribution in [0.25, 0.3) is 0 Å². The number of hydrogen-bond donors (Lipinski definition) is 2. The van der Waals surface area contributed by atoms with Crippen molar-refractivity contribution in [3.05, 3.63) is 11.6 Å². The van der Waals surface area contributed by atoms with Gasteiger partial charge in [-0.05, 0) is 124 Å². The lowest BCUT2D eigenvalue weighted by molar-refractivity contribution is -0.133. The maximum Gasteiger partial charge on any atom is 0.407 e. The fraction of sp³-hybridized carbons (Fsp3) is 0.905. The topological polar surface area (TPSA) is 88.1 Å². The van der Waals surface area contributed by atoms with Crippen LogP contribution in [0.2, 0.25) is 0 Å². The molecule has 2 amide bonds. The smallest absolute Gasteiger partial charge is 0.407 e. The number of rotatable bonds is 15. The number of hydrogen-bond acceptors (Lipinski definition) is 5. The highest BCUT2D eigenvalue weighted by Gasteiger charge is 2.59. The van der Waals surface area contributed by atoms with Crippen LogP contribution in [0.4, 0.5) is 4.79 Å². The molecule has 1 saturated heterocycles. The summed E-state index contributed by atoms with van der Waals surface area (Å²) in [4.78, 5) is 27.4. The molecule has 0 bridgehead atoms. The summed E-state index contributed by atoms with van der Waals surface area (Å²) in [6, 6.07) is -0.0404. The van der Waals surface area contributed by atoms with E-state index in [1.165, 1.54) is 51.4 Å². The van der Waals surface area contributed by atoms with Gasteiger partial charge in [-0.3, -0.25) is 4.79 Å². The van der Waals surface area contributed by atoms with Crippen LogP contribution in [0.3, 0.4) is 0 Å². The monoisotopic (exact) mass is 685 g/mol. The second-order valence-corrected chi connectivity index (χ2v) is 18.3. The summed E-state index contributed by atoms with van der Waals surface area (Å²) in [5, 5.41) is 13.1. The molecule has 4 fully saturated rings. The first-order valence-corrected chi connectivity index (χ1v) is 20.5. The minimum Gasteiger partial charge on any atom is -0.446 e. The van der Waals surface area contributed by atoms with Gasteiger partial charge in [0.2, 0.25) is 5.91 Å². The van der Waals surface area contributed by atoms with Gasteiger partial charge < -0.3 is 24.8 Å². The number of carbonyl (C=O) groups excluding carboxylic acids is 2. The minimum atomic E-state index is -0.467. The number of amides is 2. The second-order valence-electron chi connectivity index (χ2n) is 18.3. The lowest BCUT2D eigenvalue weighted by atomic mass is 9.47. The molecule has 0 aromatic rings. The molecule has 0 aromatic carbocycles. The third-order valence-electron chi connectivity index (χ3n) is 14.2. The summed E-state index contributed by atoms with van der Waals surface area (Å²) in [5.41, 5.74) is 2.33. The quantitative estimate of drug-likeness (QED) is 0.133. The van der Waals surface area contributed by atoms with Gasteiger partial charge in [-0.1, -0.05) is 72.0 Å². The highest BCUT2D eigenvalue weighted by molar-refractivity contribution is 5.77. The molecular formula is C42H72N2O5. The van der Waals surface area contributed by atoms with Gasteiger partial charge in [0, 0.05) is 25.9 Å². The third-order valence-corrected chi connectivity index (χ3v) is 14.2. The zero-order valence-corrected chi connectivity index (χ0v) is 32.3. The Bertz CT molecular complexity index is 1140. The minimum absolute atomic E-state index is 0.0339. The predicted molar refractivity (Wildman–Crippen MR) is 197 cm³/mol. The molecule has 1 heterocycles. The summed E-state index contributed by atoms with van der Waals surface area (Å²) in [7, 11) is 0. The third kappa shape index (κ3) is 9.07.